The monoisotopic (exact) mass is 235 g/mol. The van der Waals surface area contributed by atoms with Gasteiger partial charge in [-0.1, -0.05) is 12.1 Å². The van der Waals surface area contributed by atoms with Crippen LogP contribution in [0, 0.1) is 5.82 Å². The van der Waals surface area contributed by atoms with Crippen molar-refractivity contribution in [3.8, 4) is 0 Å². The van der Waals surface area contributed by atoms with Crippen molar-refractivity contribution in [2.24, 2.45) is 0 Å². The van der Waals surface area contributed by atoms with E-state index in [4.69, 9.17) is 0 Å². The van der Waals surface area contributed by atoms with Gasteiger partial charge in [-0.2, -0.15) is 0 Å². The molecule has 0 saturated heterocycles. The summed E-state index contributed by atoms with van der Waals surface area (Å²) < 4.78 is 15.8. The van der Waals surface area contributed by atoms with Crippen LogP contribution >= 0.6 is 0 Å². The third-order valence-electron chi connectivity index (χ3n) is 2.95. The fourth-order valence-corrected chi connectivity index (χ4v) is 2.25. The van der Waals surface area contributed by atoms with Gasteiger partial charge in [-0.25, -0.2) is 4.39 Å². The second-order valence-electron chi connectivity index (χ2n) is 5.23. The second-order valence-corrected chi connectivity index (χ2v) is 5.23. The summed E-state index contributed by atoms with van der Waals surface area (Å²) in [5.41, 5.74) is 0.336. The molecule has 0 atom stereocenters. The fourth-order valence-electron chi connectivity index (χ4n) is 2.25. The van der Waals surface area contributed by atoms with Crippen LogP contribution in [-0.2, 0) is 5.60 Å². The molecule has 0 saturated carbocycles. The molecule has 17 heavy (non-hydrogen) atoms. The van der Waals surface area contributed by atoms with Crippen LogP contribution in [0.1, 0.15) is 39.4 Å². The summed E-state index contributed by atoms with van der Waals surface area (Å²) in [5.74, 6) is -0.244. The Kier molecular flexibility index (Phi) is 2.74. The van der Waals surface area contributed by atoms with Crippen LogP contribution in [0.5, 0.6) is 0 Å². The molecule has 0 fully saturated rings. The number of halogens is 1. The number of hydrogen-bond donors (Lipinski definition) is 1. The van der Waals surface area contributed by atoms with Crippen molar-refractivity contribution in [2.45, 2.75) is 39.3 Å². The first-order valence-electron chi connectivity index (χ1n) is 5.84. The highest BCUT2D eigenvalue weighted by Gasteiger charge is 2.25. The highest BCUT2D eigenvalue weighted by atomic mass is 19.1. The van der Waals surface area contributed by atoms with Crippen LogP contribution in [0.25, 0.3) is 10.9 Å². The summed E-state index contributed by atoms with van der Waals surface area (Å²) in [6.45, 7) is 7.41. The number of aliphatic hydroxyl groups is 1. The van der Waals surface area contributed by atoms with Crippen molar-refractivity contribution < 1.29 is 9.50 Å². The summed E-state index contributed by atoms with van der Waals surface area (Å²) in [4.78, 5) is 0. The van der Waals surface area contributed by atoms with Crippen LogP contribution < -0.4 is 0 Å². The van der Waals surface area contributed by atoms with Crippen LogP contribution in [0.3, 0.4) is 0 Å². The molecule has 0 aliphatic carbocycles. The van der Waals surface area contributed by atoms with Crippen molar-refractivity contribution in [3.63, 3.8) is 0 Å². The Morgan fingerprint density at radius 3 is 2.47 bits per heavy atom. The van der Waals surface area contributed by atoms with E-state index < -0.39 is 5.60 Å². The molecule has 1 heterocycles. The van der Waals surface area contributed by atoms with Crippen LogP contribution in [-0.4, -0.2) is 9.67 Å². The molecule has 3 heteroatoms. The molecule has 0 bridgehead atoms. The molecule has 1 aromatic carbocycles. The van der Waals surface area contributed by atoms with E-state index in [2.05, 4.69) is 0 Å². The summed E-state index contributed by atoms with van der Waals surface area (Å²) in [6.07, 6.45) is 0. The molecule has 0 spiro atoms. The van der Waals surface area contributed by atoms with Crippen molar-refractivity contribution in [3.05, 3.63) is 35.8 Å². The van der Waals surface area contributed by atoms with Gasteiger partial charge in [0.1, 0.15) is 5.82 Å². The zero-order chi connectivity index (χ0) is 12.8. The molecule has 92 valence electrons. The lowest BCUT2D eigenvalue weighted by atomic mass is 10.1. The van der Waals surface area contributed by atoms with Crippen molar-refractivity contribution in [2.75, 3.05) is 0 Å². The largest absolute Gasteiger partial charge is 0.384 e. The van der Waals surface area contributed by atoms with E-state index in [0.29, 0.717) is 5.52 Å². The fraction of sp³-hybridized carbons (Fsp3) is 0.429. The lowest BCUT2D eigenvalue weighted by Gasteiger charge is -2.23. The van der Waals surface area contributed by atoms with Gasteiger partial charge in [0.25, 0.3) is 0 Å². The Labute approximate surface area is 101 Å². The standard InChI is InChI=1S/C14H18FNO/c1-9(2)16-12(14(3,4)17)8-10-6-5-7-11(15)13(10)16/h5-9,17H,1-4H3. The normalized spacial score (nSPS) is 12.6. The van der Waals surface area contributed by atoms with Crippen LogP contribution in [0.4, 0.5) is 4.39 Å². The molecule has 0 radical (unpaired) electrons. The van der Waals surface area contributed by atoms with Crippen molar-refractivity contribution in [1.82, 2.24) is 4.57 Å². The van der Waals surface area contributed by atoms with Gasteiger partial charge >= 0.3 is 0 Å². The number of hydrogen-bond acceptors (Lipinski definition) is 1. The van der Waals surface area contributed by atoms with Crippen LogP contribution in [0.2, 0.25) is 0 Å². The minimum absolute atomic E-state index is 0.103. The number of nitrogens with zero attached hydrogens (tertiary/aromatic N) is 1. The Hall–Kier alpha value is -1.35. The third kappa shape index (κ3) is 1.95. The van der Waals surface area contributed by atoms with Gasteiger partial charge < -0.3 is 9.67 Å². The van der Waals surface area contributed by atoms with Gasteiger partial charge in [-0.05, 0) is 39.8 Å². The average Bonchev–Trinajstić information content (AvgIpc) is 2.57. The zero-order valence-electron chi connectivity index (χ0n) is 10.7. The summed E-state index contributed by atoms with van der Waals surface area (Å²) in [6, 6.07) is 6.97. The molecule has 0 amide bonds. The van der Waals surface area contributed by atoms with E-state index in [1.807, 2.05) is 30.5 Å². The van der Waals surface area contributed by atoms with Crippen molar-refractivity contribution in [1.29, 1.82) is 0 Å². The van der Waals surface area contributed by atoms with E-state index in [0.717, 1.165) is 11.1 Å². The average molecular weight is 235 g/mol. The number of benzene rings is 1. The Morgan fingerprint density at radius 2 is 1.94 bits per heavy atom. The summed E-state index contributed by atoms with van der Waals surface area (Å²) >= 11 is 0. The van der Waals surface area contributed by atoms with E-state index >= 15 is 0 Å². The quantitative estimate of drug-likeness (QED) is 0.845. The summed E-state index contributed by atoms with van der Waals surface area (Å²) in [5, 5.41) is 11.0. The first-order valence-corrected chi connectivity index (χ1v) is 5.84. The SMILES string of the molecule is CC(C)n1c(C(C)(C)O)cc2cccc(F)c21. The molecule has 1 N–H and O–H groups in total. The number of para-hydroxylation sites is 1. The molecule has 2 aromatic rings. The maximum absolute atomic E-state index is 13.9. The highest BCUT2D eigenvalue weighted by Crippen LogP contribution is 2.32. The Balaban J connectivity index is 2.86. The van der Waals surface area contributed by atoms with E-state index in [1.165, 1.54) is 6.07 Å². The minimum Gasteiger partial charge on any atom is -0.384 e. The maximum Gasteiger partial charge on any atom is 0.147 e. The number of rotatable bonds is 2. The molecule has 1 aromatic heterocycles. The van der Waals surface area contributed by atoms with Gasteiger partial charge in [-0.15, -0.1) is 0 Å². The first-order chi connectivity index (χ1) is 7.82. The predicted octanol–water partition coefficient (Wildman–Crippen LogP) is 3.59. The molecular formula is C14H18FNO. The van der Waals surface area contributed by atoms with Gasteiger partial charge in [-0.3, -0.25) is 0 Å². The topological polar surface area (TPSA) is 25.2 Å². The molecular weight excluding hydrogens is 217 g/mol. The van der Waals surface area contributed by atoms with E-state index in [1.54, 1.807) is 19.9 Å². The molecule has 0 aliphatic heterocycles. The van der Waals surface area contributed by atoms with Crippen molar-refractivity contribution >= 4 is 10.9 Å². The van der Waals surface area contributed by atoms with Crippen LogP contribution in [0.15, 0.2) is 24.3 Å². The lowest BCUT2D eigenvalue weighted by molar-refractivity contribution is 0.0691. The van der Waals surface area contributed by atoms with Gasteiger partial charge in [0.05, 0.1) is 16.8 Å². The van der Waals surface area contributed by atoms with E-state index in [9.17, 15) is 9.50 Å². The minimum atomic E-state index is -0.976. The van der Waals surface area contributed by atoms with Gasteiger partial charge in [0.15, 0.2) is 0 Å². The Bertz CT molecular complexity index is 549. The molecule has 2 rings (SSSR count). The number of fused-ring (bicyclic) bond motifs is 1. The Morgan fingerprint density at radius 1 is 1.29 bits per heavy atom. The summed E-state index contributed by atoms with van der Waals surface area (Å²) in [7, 11) is 0. The van der Waals surface area contributed by atoms with Gasteiger partial charge in [0, 0.05) is 11.4 Å². The third-order valence-corrected chi connectivity index (χ3v) is 2.95. The maximum atomic E-state index is 13.9. The molecule has 0 aliphatic rings. The predicted molar refractivity (Wildman–Crippen MR) is 67.5 cm³/mol. The van der Waals surface area contributed by atoms with E-state index in [-0.39, 0.29) is 11.9 Å². The van der Waals surface area contributed by atoms with Gasteiger partial charge in [0.2, 0.25) is 0 Å². The highest BCUT2D eigenvalue weighted by molar-refractivity contribution is 5.82. The molecule has 0 unspecified atom stereocenters. The zero-order valence-corrected chi connectivity index (χ0v) is 10.7. The second kappa shape index (κ2) is 3.84. The number of aromatic nitrogens is 1. The smallest absolute Gasteiger partial charge is 0.147 e. The lowest BCUT2D eigenvalue weighted by Crippen LogP contribution is -2.21. The molecule has 2 nitrogen and oxygen atoms in total. The first kappa shape index (κ1) is 12.1.